The first-order valence-electron chi connectivity index (χ1n) is 10.9. The number of aromatic nitrogens is 3. The molecule has 4 heterocycles. The molecule has 3 aromatic heterocycles. The number of thiophene rings is 1. The standard InChI is InChI=1S/C24H19ClF3N3O4S/c1-13-6-14(25)7-18(21(13)35-15-10-34-11-15)17-2-4-29-19-8-16(36-22(17)19)9-31-20(32)3-5-30(23(31)33)12-24(26,27)28/h2-8,15H,9-12H2,1H3. The van der Waals surface area contributed by atoms with Gasteiger partial charge < -0.3 is 9.47 Å². The van der Waals surface area contributed by atoms with E-state index >= 15 is 0 Å². The Morgan fingerprint density at radius 2 is 1.97 bits per heavy atom. The molecule has 7 nitrogen and oxygen atoms in total. The Hall–Kier alpha value is -3.15. The molecule has 0 bridgehead atoms. The van der Waals surface area contributed by atoms with Crippen molar-refractivity contribution in [3.05, 3.63) is 79.0 Å². The van der Waals surface area contributed by atoms with Crippen LogP contribution in [0.15, 0.2) is 52.3 Å². The molecule has 1 aliphatic rings. The normalized spacial score (nSPS) is 14.2. The van der Waals surface area contributed by atoms with Crippen molar-refractivity contribution in [1.82, 2.24) is 14.1 Å². The molecular formula is C24H19ClF3N3O4S. The molecule has 1 saturated heterocycles. The molecule has 0 unspecified atom stereocenters. The lowest BCUT2D eigenvalue weighted by Crippen LogP contribution is -2.41. The van der Waals surface area contributed by atoms with E-state index in [9.17, 15) is 22.8 Å². The highest BCUT2D eigenvalue weighted by molar-refractivity contribution is 7.19. The fourth-order valence-corrected chi connectivity index (χ4v) is 5.39. The predicted molar refractivity (Wildman–Crippen MR) is 130 cm³/mol. The quantitative estimate of drug-likeness (QED) is 0.358. The van der Waals surface area contributed by atoms with E-state index in [-0.39, 0.29) is 12.6 Å². The van der Waals surface area contributed by atoms with Gasteiger partial charge in [-0.15, -0.1) is 11.3 Å². The molecule has 36 heavy (non-hydrogen) atoms. The van der Waals surface area contributed by atoms with E-state index in [0.29, 0.717) is 38.9 Å². The van der Waals surface area contributed by atoms with E-state index in [1.54, 1.807) is 18.3 Å². The van der Waals surface area contributed by atoms with Gasteiger partial charge >= 0.3 is 11.9 Å². The number of aryl methyl sites for hydroxylation is 1. The van der Waals surface area contributed by atoms with E-state index < -0.39 is 24.0 Å². The second kappa shape index (κ2) is 9.38. The minimum atomic E-state index is -4.59. The number of hydrogen-bond acceptors (Lipinski definition) is 6. The fourth-order valence-electron chi connectivity index (χ4n) is 3.98. The van der Waals surface area contributed by atoms with Crippen molar-refractivity contribution in [3.63, 3.8) is 0 Å². The zero-order valence-corrected chi connectivity index (χ0v) is 20.4. The first-order valence-corrected chi connectivity index (χ1v) is 12.1. The van der Waals surface area contributed by atoms with E-state index in [0.717, 1.165) is 38.2 Å². The van der Waals surface area contributed by atoms with Gasteiger partial charge in [0.05, 0.1) is 30.0 Å². The molecule has 1 aliphatic heterocycles. The van der Waals surface area contributed by atoms with Crippen LogP contribution < -0.4 is 16.0 Å². The van der Waals surface area contributed by atoms with Crippen LogP contribution >= 0.6 is 22.9 Å². The number of benzene rings is 1. The van der Waals surface area contributed by atoms with Gasteiger partial charge in [-0.05, 0) is 36.8 Å². The number of nitrogens with zero attached hydrogens (tertiary/aromatic N) is 3. The lowest BCUT2D eigenvalue weighted by molar-refractivity contribution is -0.141. The van der Waals surface area contributed by atoms with Crippen LogP contribution in [0, 0.1) is 6.92 Å². The van der Waals surface area contributed by atoms with Crippen LogP contribution in [0.25, 0.3) is 21.3 Å². The van der Waals surface area contributed by atoms with Gasteiger partial charge in [-0.25, -0.2) is 4.79 Å². The number of halogens is 4. The third kappa shape index (κ3) is 4.91. The Balaban J connectivity index is 1.57. The third-order valence-electron chi connectivity index (χ3n) is 5.69. The molecule has 0 N–H and O–H groups in total. The summed E-state index contributed by atoms with van der Waals surface area (Å²) < 4.78 is 51.9. The second-order valence-corrected chi connectivity index (χ2v) is 10.0. The highest BCUT2D eigenvalue weighted by Gasteiger charge is 2.29. The Labute approximate surface area is 211 Å². The topological polar surface area (TPSA) is 75.4 Å². The first kappa shape index (κ1) is 24.5. The van der Waals surface area contributed by atoms with E-state index in [1.807, 2.05) is 19.1 Å². The van der Waals surface area contributed by atoms with Crippen molar-refractivity contribution < 1.29 is 22.6 Å². The highest BCUT2D eigenvalue weighted by atomic mass is 35.5. The van der Waals surface area contributed by atoms with Gasteiger partial charge in [0.15, 0.2) is 0 Å². The number of fused-ring (bicyclic) bond motifs is 1. The zero-order valence-electron chi connectivity index (χ0n) is 18.8. The molecule has 0 aliphatic carbocycles. The molecule has 4 aromatic rings. The largest absolute Gasteiger partial charge is 0.485 e. The Morgan fingerprint density at radius 3 is 2.67 bits per heavy atom. The van der Waals surface area contributed by atoms with E-state index in [1.165, 1.54) is 11.3 Å². The molecule has 188 valence electrons. The van der Waals surface area contributed by atoms with Crippen molar-refractivity contribution in [2.75, 3.05) is 13.2 Å². The average Bonchev–Trinajstić information content (AvgIpc) is 3.18. The molecule has 0 radical (unpaired) electrons. The summed E-state index contributed by atoms with van der Waals surface area (Å²) in [5, 5.41) is 0.530. The van der Waals surface area contributed by atoms with Crippen LogP contribution in [0.1, 0.15) is 10.4 Å². The molecule has 5 rings (SSSR count). The van der Waals surface area contributed by atoms with Gasteiger partial charge in [0.1, 0.15) is 18.4 Å². The van der Waals surface area contributed by atoms with Crippen molar-refractivity contribution in [2.45, 2.75) is 32.3 Å². The maximum absolute atomic E-state index is 12.8. The van der Waals surface area contributed by atoms with Gasteiger partial charge in [0, 0.05) is 39.5 Å². The van der Waals surface area contributed by atoms with Crippen LogP contribution in [0.2, 0.25) is 5.02 Å². The van der Waals surface area contributed by atoms with Gasteiger partial charge in [-0.1, -0.05) is 11.6 Å². The maximum atomic E-state index is 12.8. The Bertz CT molecular complexity index is 1570. The summed E-state index contributed by atoms with van der Waals surface area (Å²) in [4.78, 5) is 29.9. The van der Waals surface area contributed by atoms with Crippen molar-refractivity contribution in [1.29, 1.82) is 0 Å². The first-order chi connectivity index (χ1) is 17.1. The van der Waals surface area contributed by atoms with Gasteiger partial charge in [0.2, 0.25) is 0 Å². The van der Waals surface area contributed by atoms with Crippen molar-refractivity contribution >= 4 is 33.2 Å². The van der Waals surface area contributed by atoms with Crippen LogP contribution in [-0.4, -0.2) is 39.6 Å². The van der Waals surface area contributed by atoms with Gasteiger partial charge in [-0.3, -0.25) is 18.9 Å². The lowest BCUT2D eigenvalue weighted by atomic mass is 10.0. The Morgan fingerprint density at radius 1 is 1.19 bits per heavy atom. The Kier molecular flexibility index (Phi) is 6.39. The van der Waals surface area contributed by atoms with E-state index in [4.69, 9.17) is 21.1 Å². The number of rotatable bonds is 6. The van der Waals surface area contributed by atoms with Crippen LogP contribution in [0.5, 0.6) is 5.75 Å². The molecule has 1 aromatic carbocycles. The van der Waals surface area contributed by atoms with E-state index in [2.05, 4.69) is 4.98 Å². The molecule has 1 fully saturated rings. The van der Waals surface area contributed by atoms with Crippen LogP contribution in [-0.2, 0) is 17.8 Å². The minimum Gasteiger partial charge on any atom is -0.485 e. The van der Waals surface area contributed by atoms with Crippen LogP contribution in [0.3, 0.4) is 0 Å². The summed E-state index contributed by atoms with van der Waals surface area (Å²) >= 11 is 7.66. The minimum absolute atomic E-state index is 0.0660. The molecule has 0 amide bonds. The smallest absolute Gasteiger partial charge is 0.406 e. The number of ether oxygens (including phenoxy) is 2. The van der Waals surface area contributed by atoms with Crippen molar-refractivity contribution in [2.24, 2.45) is 0 Å². The third-order valence-corrected chi connectivity index (χ3v) is 7.05. The number of pyridine rings is 1. The number of alkyl halides is 3. The highest BCUT2D eigenvalue weighted by Crippen LogP contribution is 2.42. The summed E-state index contributed by atoms with van der Waals surface area (Å²) in [6.45, 7) is 1.22. The summed E-state index contributed by atoms with van der Waals surface area (Å²) in [7, 11) is 0. The van der Waals surface area contributed by atoms with Crippen LogP contribution in [0.4, 0.5) is 13.2 Å². The predicted octanol–water partition coefficient (Wildman–Crippen LogP) is 4.64. The zero-order chi connectivity index (χ0) is 25.6. The molecule has 0 atom stereocenters. The SMILES string of the molecule is Cc1cc(Cl)cc(-c2ccnc3cc(Cn4c(=O)ccn(CC(F)(F)F)c4=O)sc23)c1OC1COC1. The van der Waals surface area contributed by atoms with Gasteiger partial charge in [0.25, 0.3) is 5.56 Å². The fraction of sp³-hybridized carbons (Fsp3) is 0.292. The molecule has 0 saturated carbocycles. The lowest BCUT2D eigenvalue weighted by Gasteiger charge is -2.28. The monoisotopic (exact) mass is 537 g/mol. The summed E-state index contributed by atoms with van der Waals surface area (Å²) in [6.07, 6.45) is -2.17. The maximum Gasteiger partial charge on any atom is 0.406 e. The second-order valence-electron chi connectivity index (χ2n) is 8.43. The molecule has 0 spiro atoms. The summed E-state index contributed by atoms with van der Waals surface area (Å²) in [5.74, 6) is 0.671. The average molecular weight is 538 g/mol. The van der Waals surface area contributed by atoms with Gasteiger partial charge in [-0.2, -0.15) is 13.2 Å². The molecule has 12 heteroatoms. The summed E-state index contributed by atoms with van der Waals surface area (Å²) in [5.41, 5.74) is 1.31. The molecular weight excluding hydrogens is 519 g/mol. The van der Waals surface area contributed by atoms with Crippen molar-refractivity contribution in [3.8, 4) is 16.9 Å². The summed E-state index contributed by atoms with van der Waals surface area (Å²) in [6, 6.07) is 8.10. The number of hydrogen-bond donors (Lipinski definition) is 0.